The first-order valence-electron chi connectivity index (χ1n) is 6.50. The summed E-state index contributed by atoms with van der Waals surface area (Å²) in [7, 11) is 0. The first-order chi connectivity index (χ1) is 8.35. The second kappa shape index (κ2) is 6.18. The molecule has 1 unspecified atom stereocenters. The second-order valence-corrected chi connectivity index (χ2v) is 5.51. The summed E-state index contributed by atoms with van der Waals surface area (Å²) in [5.41, 5.74) is -0.845. The standard InChI is InChI=1S/C13H23NO4/c1-10(2)8-14(9-11(15)16)12(17)13(3)6-4-5-7-18-13/h10H,4-9H2,1-3H3,(H,15,16). The van der Waals surface area contributed by atoms with Gasteiger partial charge in [0.2, 0.25) is 0 Å². The van der Waals surface area contributed by atoms with Gasteiger partial charge in [-0.15, -0.1) is 0 Å². The van der Waals surface area contributed by atoms with Crippen molar-refractivity contribution >= 4 is 11.9 Å². The number of carboxylic acids is 1. The molecule has 1 fully saturated rings. The van der Waals surface area contributed by atoms with Gasteiger partial charge in [0.1, 0.15) is 12.1 Å². The summed E-state index contributed by atoms with van der Waals surface area (Å²) >= 11 is 0. The Morgan fingerprint density at radius 3 is 2.50 bits per heavy atom. The Hall–Kier alpha value is -1.10. The predicted octanol–water partition coefficient (Wildman–Crippen LogP) is 1.51. The molecule has 1 N–H and O–H groups in total. The van der Waals surface area contributed by atoms with E-state index < -0.39 is 11.6 Å². The van der Waals surface area contributed by atoms with Crippen LogP contribution in [0.3, 0.4) is 0 Å². The molecule has 0 saturated carbocycles. The number of carboxylic acid groups (broad SMARTS) is 1. The van der Waals surface area contributed by atoms with Gasteiger partial charge in [-0.3, -0.25) is 9.59 Å². The lowest BCUT2D eigenvalue weighted by molar-refractivity contribution is -0.165. The minimum atomic E-state index is -0.983. The summed E-state index contributed by atoms with van der Waals surface area (Å²) in [6, 6.07) is 0. The number of aliphatic carboxylic acids is 1. The van der Waals surface area contributed by atoms with Crippen molar-refractivity contribution in [3.63, 3.8) is 0 Å². The summed E-state index contributed by atoms with van der Waals surface area (Å²) in [5.74, 6) is -0.942. The highest BCUT2D eigenvalue weighted by atomic mass is 16.5. The van der Waals surface area contributed by atoms with Gasteiger partial charge in [0, 0.05) is 13.2 Å². The fraction of sp³-hybridized carbons (Fsp3) is 0.846. The summed E-state index contributed by atoms with van der Waals surface area (Å²) in [5, 5.41) is 8.89. The normalized spacial score (nSPS) is 24.0. The molecule has 0 aromatic rings. The van der Waals surface area contributed by atoms with Crippen LogP contribution in [0.4, 0.5) is 0 Å². The summed E-state index contributed by atoms with van der Waals surface area (Å²) in [6.07, 6.45) is 2.58. The molecule has 1 aliphatic rings. The zero-order chi connectivity index (χ0) is 13.8. The van der Waals surface area contributed by atoms with Gasteiger partial charge in [-0.25, -0.2) is 0 Å². The Balaban J connectivity index is 2.76. The molecule has 0 radical (unpaired) electrons. The zero-order valence-electron chi connectivity index (χ0n) is 11.4. The van der Waals surface area contributed by atoms with Gasteiger partial charge in [-0.05, 0) is 32.1 Å². The van der Waals surface area contributed by atoms with Gasteiger partial charge >= 0.3 is 5.97 Å². The number of amides is 1. The van der Waals surface area contributed by atoms with Crippen LogP contribution in [0, 0.1) is 5.92 Å². The zero-order valence-corrected chi connectivity index (χ0v) is 11.4. The van der Waals surface area contributed by atoms with E-state index in [0.717, 1.165) is 12.8 Å². The van der Waals surface area contributed by atoms with Gasteiger partial charge in [0.15, 0.2) is 0 Å². The fourth-order valence-corrected chi connectivity index (χ4v) is 2.26. The molecule has 0 aromatic carbocycles. The van der Waals surface area contributed by atoms with E-state index >= 15 is 0 Å². The van der Waals surface area contributed by atoms with Crippen molar-refractivity contribution in [2.75, 3.05) is 19.7 Å². The van der Waals surface area contributed by atoms with Crippen LogP contribution in [-0.2, 0) is 14.3 Å². The van der Waals surface area contributed by atoms with Crippen molar-refractivity contribution in [1.29, 1.82) is 0 Å². The Kier molecular flexibility index (Phi) is 5.14. The molecule has 1 heterocycles. The lowest BCUT2D eigenvalue weighted by Crippen LogP contribution is -2.52. The maximum absolute atomic E-state index is 12.4. The Bertz CT molecular complexity index is 308. The molecule has 5 nitrogen and oxygen atoms in total. The molecule has 5 heteroatoms. The van der Waals surface area contributed by atoms with E-state index in [0.29, 0.717) is 19.6 Å². The topological polar surface area (TPSA) is 66.8 Å². The molecule has 1 rings (SSSR count). The first-order valence-corrected chi connectivity index (χ1v) is 6.50. The van der Waals surface area contributed by atoms with Crippen LogP contribution < -0.4 is 0 Å². The number of ether oxygens (including phenoxy) is 1. The number of carbonyl (C=O) groups excluding carboxylic acids is 1. The van der Waals surface area contributed by atoms with Crippen molar-refractivity contribution in [2.24, 2.45) is 5.92 Å². The third-order valence-corrected chi connectivity index (χ3v) is 3.12. The number of carbonyl (C=O) groups is 2. The van der Waals surface area contributed by atoms with Crippen LogP contribution in [0.15, 0.2) is 0 Å². The van der Waals surface area contributed by atoms with Gasteiger partial charge in [0.05, 0.1) is 0 Å². The van der Waals surface area contributed by atoms with Crippen molar-refractivity contribution in [1.82, 2.24) is 4.90 Å². The van der Waals surface area contributed by atoms with E-state index in [2.05, 4.69) is 0 Å². The number of nitrogens with zero attached hydrogens (tertiary/aromatic N) is 1. The highest BCUT2D eigenvalue weighted by molar-refractivity contribution is 5.87. The van der Waals surface area contributed by atoms with Gasteiger partial charge in [0.25, 0.3) is 5.91 Å². The third-order valence-electron chi connectivity index (χ3n) is 3.12. The van der Waals surface area contributed by atoms with Crippen molar-refractivity contribution in [3.8, 4) is 0 Å². The van der Waals surface area contributed by atoms with Crippen molar-refractivity contribution in [3.05, 3.63) is 0 Å². The van der Waals surface area contributed by atoms with E-state index in [1.807, 2.05) is 13.8 Å². The lowest BCUT2D eigenvalue weighted by atomic mass is 9.94. The highest BCUT2D eigenvalue weighted by Crippen LogP contribution is 2.26. The van der Waals surface area contributed by atoms with Crippen molar-refractivity contribution in [2.45, 2.75) is 45.6 Å². The quantitative estimate of drug-likeness (QED) is 0.810. The van der Waals surface area contributed by atoms with Gasteiger partial charge in [-0.1, -0.05) is 13.8 Å². The summed E-state index contributed by atoms with van der Waals surface area (Å²) < 4.78 is 5.59. The van der Waals surface area contributed by atoms with Crippen LogP contribution >= 0.6 is 0 Å². The monoisotopic (exact) mass is 257 g/mol. The van der Waals surface area contributed by atoms with E-state index in [1.165, 1.54) is 4.90 Å². The maximum atomic E-state index is 12.4. The lowest BCUT2D eigenvalue weighted by Gasteiger charge is -2.37. The predicted molar refractivity (Wildman–Crippen MR) is 67.3 cm³/mol. The molecule has 0 aromatic heterocycles. The van der Waals surface area contributed by atoms with Crippen molar-refractivity contribution < 1.29 is 19.4 Å². The average Bonchev–Trinajstić information content (AvgIpc) is 2.27. The molecule has 0 aliphatic carbocycles. The molecule has 1 saturated heterocycles. The molecular weight excluding hydrogens is 234 g/mol. The SMILES string of the molecule is CC(C)CN(CC(=O)O)C(=O)C1(C)CCCCO1. The minimum absolute atomic E-state index is 0.196. The average molecular weight is 257 g/mol. The minimum Gasteiger partial charge on any atom is -0.480 e. The molecule has 18 heavy (non-hydrogen) atoms. The van der Waals surface area contributed by atoms with Crippen LogP contribution in [0.2, 0.25) is 0 Å². The molecule has 1 aliphatic heterocycles. The smallest absolute Gasteiger partial charge is 0.323 e. The van der Waals surface area contributed by atoms with Crippen LogP contribution in [0.1, 0.15) is 40.0 Å². The van der Waals surface area contributed by atoms with E-state index in [1.54, 1.807) is 6.92 Å². The number of hydrogen-bond acceptors (Lipinski definition) is 3. The largest absolute Gasteiger partial charge is 0.480 e. The van der Waals surface area contributed by atoms with Crippen LogP contribution in [0.5, 0.6) is 0 Å². The Labute approximate surface area is 108 Å². The van der Waals surface area contributed by atoms with Crippen LogP contribution in [0.25, 0.3) is 0 Å². The van der Waals surface area contributed by atoms with Crippen LogP contribution in [-0.4, -0.2) is 47.2 Å². The summed E-state index contributed by atoms with van der Waals surface area (Å²) in [4.78, 5) is 24.7. The molecular formula is C13H23NO4. The molecule has 0 bridgehead atoms. The van der Waals surface area contributed by atoms with Gasteiger partial charge in [-0.2, -0.15) is 0 Å². The fourth-order valence-electron chi connectivity index (χ4n) is 2.26. The van der Waals surface area contributed by atoms with E-state index in [-0.39, 0.29) is 18.4 Å². The third kappa shape index (κ3) is 3.98. The van der Waals surface area contributed by atoms with Gasteiger partial charge < -0.3 is 14.7 Å². The first kappa shape index (κ1) is 15.0. The number of rotatable bonds is 5. The maximum Gasteiger partial charge on any atom is 0.323 e. The Morgan fingerprint density at radius 2 is 2.06 bits per heavy atom. The Morgan fingerprint density at radius 1 is 1.39 bits per heavy atom. The molecule has 1 amide bonds. The number of hydrogen-bond donors (Lipinski definition) is 1. The second-order valence-electron chi connectivity index (χ2n) is 5.51. The molecule has 1 atom stereocenters. The van der Waals surface area contributed by atoms with E-state index in [9.17, 15) is 9.59 Å². The van der Waals surface area contributed by atoms with E-state index in [4.69, 9.17) is 9.84 Å². The molecule has 0 spiro atoms. The summed E-state index contributed by atoms with van der Waals surface area (Å²) in [6.45, 7) is 6.47. The highest BCUT2D eigenvalue weighted by Gasteiger charge is 2.39. The molecule has 104 valence electrons.